The van der Waals surface area contributed by atoms with Crippen LogP contribution in [0.15, 0.2) is 41.8 Å². The van der Waals surface area contributed by atoms with Crippen molar-refractivity contribution in [3.05, 3.63) is 52.2 Å². The van der Waals surface area contributed by atoms with Crippen molar-refractivity contribution in [1.82, 2.24) is 9.80 Å². The summed E-state index contributed by atoms with van der Waals surface area (Å²) in [5, 5.41) is 4.71. The average Bonchev–Trinajstić information content (AvgIpc) is 3.19. The van der Waals surface area contributed by atoms with E-state index in [9.17, 15) is 14.4 Å². The topological polar surface area (TPSA) is 69.7 Å². The third-order valence-electron chi connectivity index (χ3n) is 4.51. The van der Waals surface area contributed by atoms with Gasteiger partial charge >= 0.3 is 0 Å². The lowest BCUT2D eigenvalue weighted by atomic mass is 10.1. The lowest BCUT2D eigenvalue weighted by Gasteiger charge is -2.35. The van der Waals surface area contributed by atoms with Gasteiger partial charge in [0.25, 0.3) is 5.91 Å². The number of aryl methyl sites for hydroxylation is 1. The van der Waals surface area contributed by atoms with Gasteiger partial charge in [-0.2, -0.15) is 0 Å². The van der Waals surface area contributed by atoms with Crippen molar-refractivity contribution in [2.75, 3.05) is 31.5 Å². The summed E-state index contributed by atoms with van der Waals surface area (Å²) < 4.78 is 0. The normalized spacial score (nSPS) is 14.1. The molecule has 1 N–H and O–H groups in total. The Balaban J connectivity index is 1.51. The van der Waals surface area contributed by atoms with Gasteiger partial charge < -0.3 is 15.1 Å². The highest BCUT2D eigenvalue weighted by molar-refractivity contribution is 7.09. The van der Waals surface area contributed by atoms with Gasteiger partial charge in [-0.1, -0.05) is 12.1 Å². The van der Waals surface area contributed by atoms with Gasteiger partial charge in [0.05, 0.1) is 0 Å². The molecule has 1 fully saturated rings. The first-order chi connectivity index (χ1) is 13.0. The standard InChI is InChI=1S/C20H23N3O3S/c1-15(24)21-17-5-2-4-16(14-17)20(26)23-11-9-22(10-12-23)19(25)8-7-18-6-3-13-27-18/h2-6,13-14H,7-12H2,1H3,(H,21,24). The van der Waals surface area contributed by atoms with Crippen LogP contribution < -0.4 is 5.32 Å². The minimum Gasteiger partial charge on any atom is -0.339 e. The monoisotopic (exact) mass is 385 g/mol. The zero-order valence-electron chi connectivity index (χ0n) is 15.3. The highest BCUT2D eigenvalue weighted by Crippen LogP contribution is 2.16. The zero-order valence-corrected chi connectivity index (χ0v) is 16.1. The number of amides is 3. The van der Waals surface area contributed by atoms with E-state index in [4.69, 9.17) is 0 Å². The van der Waals surface area contributed by atoms with Crippen LogP contribution in [-0.2, 0) is 16.0 Å². The zero-order chi connectivity index (χ0) is 19.2. The van der Waals surface area contributed by atoms with Crippen LogP contribution in [0.4, 0.5) is 5.69 Å². The van der Waals surface area contributed by atoms with Crippen LogP contribution in [-0.4, -0.2) is 53.7 Å². The summed E-state index contributed by atoms with van der Waals surface area (Å²) in [6.07, 6.45) is 1.28. The van der Waals surface area contributed by atoms with Crippen LogP contribution in [0.5, 0.6) is 0 Å². The number of rotatable bonds is 5. The molecule has 1 aromatic carbocycles. The Hall–Kier alpha value is -2.67. The molecule has 27 heavy (non-hydrogen) atoms. The molecule has 1 aliphatic heterocycles. The third kappa shape index (κ3) is 5.17. The summed E-state index contributed by atoms with van der Waals surface area (Å²) in [4.78, 5) is 41.1. The second-order valence-corrected chi connectivity index (χ2v) is 7.55. The van der Waals surface area contributed by atoms with Crippen LogP contribution in [0.1, 0.15) is 28.6 Å². The first kappa shape index (κ1) is 19.1. The molecule has 1 aromatic heterocycles. The molecule has 0 unspecified atom stereocenters. The molecule has 2 aromatic rings. The highest BCUT2D eigenvalue weighted by Gasteiger charge is 2.24. The predicted molar refractivity (Wildman–Crippen MR) is 106 cm³/mol. The van der Waals surface area contributed by atoms with Gasteiger partial charge in [-0.15, -0.1) is 11.3 Å². The van der Waals surface area contributed by atoms with Crippen LogP contribution in [0.25, 0.3) is 0 Å². The van der Waals surface area contributed by atoms with Crippen molar-refractivity contribution in [3.63, 3.8) is 0 Å². The molecule has 3 amide bonds. The second-order valence-electron chi connectivity index (χ2n) is 6.51. The number of carbonyl (C=O) groups excluding carboxylic acids is 3. The number of nitrogens with zero attached hydrogens (tertiary/aromatic N) is 2. The van der Waals surface area contributed by atoms with Gasteiger partial charge in [0.15, 0.2) is 0 Å². The quantitative estimate of drug-likeness (QED) is 0.860. The van der Waals surface area contributed by atoms with Gasteiger partial charge in [0, 0.05) is 55.7 Å². The van der Waals surface area contributed by atoms with Crippen LogP contribution in [0.3, 0.4) is 0 Å². The average molecular weight is 385 g/mol. The number of hydrogen-bond donors (Lipinski definition) is 1. The Morgan fingerprint density at radius 1 is 1.04 bits per heavy atom. The lowest BCUT2D eigenvalue weighted by molar-refractivity contribution is -0.132. The van der Waals surface area contributed by atoms with Crippen molar-refractivity contribution in [1.29, 1.82) is 0 Å². The molecule has 0 saturated carbocycles. The van der Waals surface area contributed by atoms with Crippen molar-refractivity contribution >= 4 is 34.7 Å². The van der Waals surface area contributed by atoms with Crippen LogP contribution in [0.2, 0.25) is 0 Å². The molecule has 142 valence electrons. The lowest BCUT2D eigenvalue weighted by Crippen LogP contribution is -2.50. The first-order valence-electron chi connectivity index (χ1n) is 9.00. The van der Waals surface area contributed by atoms with Gasteiger partial charge in [-0.3, -0.25) is 14.4 Å². The fraction of sp³-hybridized carbons (Fsp3) is 0.350. The third-order valence-corrected chi connectivity index (χ3v) is 5.45. The molecule has 1 saturated heterocycles. The minimum absolute atomic E-state index is 0.0760. The summed E-state index contributed by atoms with van der Waals surface area (Å²) in [5.74, 6) is -0.106. The van der Waals surface area contributed by atoms with Gasteiger partial charge in [-0.25, -0.2) is 0 Å². The van der Waals surface area contributed by atoms with Crippen molar-refractivity contribution < 1.29 is 14.4 Å². The van der Waals surface area contributed by atoms with E-state index in [0.717, 1.165) is 6.42 Å². The number of piperazine rings is 1. The van der Waals surface area contributed by atoms with Gasteiger partial charge in [-0.05, 0) is 36.1 Å². The Morgan fingerprint density at radius 2 is 1.78 bits per heavy atom. The summed E-state index contributed by atoms with van der Waals surface area (Å²) in [6.45, 7) is 3.59. The second kappa shape index (κ2) is 8.81. The summed E-state index contributed by atoms with van der Waals surface area (Å²) in [5.41, 5.74) is 1.15. The van der Waals surface area contributed by atoms with E-state index >= 15 is 0 Å². The van der Waals surface area contributed by atoms with Gasteiger partial charge in [0.1, 0.15) is 0 Å². The molecule has 0 bridgehead atoms. The number of benzene rings is 1. The molecule has 0 aliphatic carbocycles. The minimum atomic E-state index is -0.172. The molecular formula is C20H23N3O3S. The molecule has 0 spiro atoms. The maximum atomic E-state index is 12.7. The number of hydrogen-bond acceptors (Lipinski definition) is 4. The molecule has 1 aliphatic rings. The van der Waals surface area contributed by atoms with E-state index < -0.39 is 0 Å². The number of carbonyl (C=O) groups is 3. The number of anilines is 1. The molecule has 0 radical (unpaired) electrons. The van der Waals surface area contributed by atoms with E-state index in [2.05, 4.69) is 5.32 Å². The van der Waals surface area contributed by atoms with E-state index in [1.165, 1.54) is 11.8 Å². The van der Waals surface area contributed by atoms with Crippen molar-refractivity contribution in [2.45, 2.75) is 19.8 Å². The van der Waals surface area contributed by atoms with E-state index in [1.807, 2.05) is 22.4 Å². The largest absolute Gasteiger partial charge is 0.339 e. The fourth-order valence-electron chi connectivity index (χ4n) is 3.12. The number of thiophene rings is 1. The molecule has 0 atom stereocenters. The summed E-state index contributed by atoms with van der Waals surface area (Å²) in [7, 11) is 0. The van der Waals surface area contributed by atoms with Gasteiger partial charge in [0.2, 0.25) is 11.8 Å². The SMILES string of the molecule is CC(=O)Nc1cccc(C(=O)N2CCN(C(=O)CCc3cccs3)CC2)c1. The molecular weight excluding hydrogens is 362 g/mol. The Labute approximate surface area is 162 Å². The molecule has 6 nitrogen and oxygen atoms in total. The Morgan fingerprint density at radius 3 is 2.44 bits per heavy atom. The predicted octanol–water partition coefficient (Wildman–Crippen LogP) is 2.62. The van der Waals surface area contributed by atoms with Crippen LogP contribution >= 0.6 is 11.3 Å². The fourth-order valence-corrected chi connectivity index (χ4v) is 3.83. The maximum Gasteiger partial charge on any atom is 0.254 e. The van der Waals surface area contributed by atoms with E-state index in [-0.39, 0.29) is 17.7 Å². The molecule has 3 rings (SSSR count). The highest BCUT2D eigenvalue weighted by atomic mass is 32.1. The summed E-state index contributed by atoms with van der Waals surface area (Å²) >= 11 is 1.67. The van der Waals surface area contributed by atoms with E-state index in [0.29, 0.717) is 43.9 Å². The molecule has 2 heterocycles. The van der Waals surface area contributed by atoms with Crippen molar-refractivity contribution in [2.24, 2.45) is 0 Å². The first-order valence-corrected chi connectivity index (χ1v) is 9.88. The van der Waals surface area contributed by atoms with Crippen molar-refractivity contribution in [3.8, 4) is 0 Å². The smallest absolute Gasteiger partial charge is 0.254 e. The molecule has 7 heteroatoms. The Bertz CT molecular complexity index is 812. The number of nitrogens with one attached hydrogen (secondary N) is 1. The maximum absolute atomic E-state index is 12.7. The van der Waals surface area contributed by atoms with E-state index in [1.54, 1.807) is 40.5 Å². The van der Waals surface area contributed by atoms with Crippen LogP contribution in [0, 0.1) is 0 Å². The summed E-state index contributed by atoms with van der Waals surface area (Å²) in [6, 6.07) is 11.0. The Kier molecular flexibility index (Phi) is 6.24.